The van der Waals surface area contributed by atoms with Crippen LogP contribution in [0.2, 0.25) is 0 Å². The van der Waals surface area contributed by atoms with E-state index in [1.165, 1.54) is 6.07 Å². The summed E-state index contributed by atoms with van der Waals surface area (Å²) < 4.78 is 5.72. The van der Waals surface area contributed by atoms with Gasteiger partial charge in [-0.3, -0.25) is 9.59 Å². The number of aromatic amines is 1. The van der Waals surface area contributed by atoms with Gasteiger partial charge in [0.05, 0.1) is 12.7 Å². The van der Waals surface area contributed by atoms with Crippen molar-refractivity contribution in [1.82, 2.24) is 9.88 Å². The predicted octanol–water partition coefficient (Wildman–Crippen LogP) is 1.00. The standard InChI is InChI=1S/C14H21N3O3/c1-14(2,3)11-8-17(6-7-20-11)13(19)10-5-4-9(16-10)12(15)18/h4-5,11,16H,6-8H2,1-3H3,(H2,15,18)/t11-/m0/s1. The number of nitrogens with two attached hydrogens (primary N) is 1. The second kappa shape index (κ2) is 5.28. The molecule has 0 aromatic carbocycles. The highest BCUT2D eigenvalue weighted by Gasteiger charge is 2.33. The molecule has 0 spiro atoms. The molecule has 0 bridgehead atoms. The molecule has 2 amide bonds. The number of nitrogens with zero attached hydrogens (tertiary/aromatic N) is 1. The Hall–Kier alpha value is -1.82. The van der Waals surface area contributed by atoms with Crippen LogP contribution in [0, 0.1) is 5.41 Å². The lowest BCUT2D eigenvalue weighted by Crippen LogP contribution is -2.50. The van der Waals surface area contributed by atoms with Gasteiger partial charge in [-0.05, 0) is 17.5 Å². The van der Waals surface area contributed by atoms with Crippen molar-refractivity contribution < 1.29 is 14.3 Å². The number of H-pyrrole nitrogens is 1. The molecule has 3 N–H and O–H groups in total. The third kappa shape index (κ3) is 3.01. The summed E-state index contributed by atoms with van der Waals surface area (Å²) in [5.41, 5.74) is 5.78. The lowest BCUT2D eigenvalue weighted by molar-refractivity contribution is -0.0707. The zero-order chi connectivity index (χ0) is 14.9. The molecule has 1 aromatic rings. The summed E-state index contributed by atoms with van der Waals surface area (Å²) in [7, 11) is 0. The number of hydrogen-bond acceptors (Lipinski definition) is 3. The van der Waals surface area contributed by atoms with E-state index in [-0.39, 0.29) is 23.1 Å². The lowest BCUT2D eigenvalue weighted by Gasteiger charge is -2.39. The van der Waals surface area contributed by atoms with Gasteiger partial charge in [0.2, 0.25) is 0 Å². The van der Waals surface area contributed by atoms with Gasteiger partial charge in [-0.25, -0.2) is 0 Å². The Labute approximate surface area is 118 Å². The Bertz CT molecular complexity index is 516. The van der Waals surface area contributed by atoms with Crippen LogP contribution in [0.15, 0.2) is 12.1 Å². The van der Waals surface area contributed by atoms with Crippen molar-refractivity contribution >= 4 is 11.8 Å². The van der Waals surface area contributed by atoms with Crippen molar-refractivity contribution in [2.75, 3.05) is 19.7 Å². The lowest BCUT2D eigenvalue weighted by atomic mass is 9.88. The van der Waals surface area contributed by atoms with Crippen molar-refractivity contribution in [3.8, 4) is 0 Å². The Kier molecular flexibility index (Phi) is 3.85. The number of primary amides is 1. The zero-order valence-corrected chi connectivity index (χ0v) is 12.1. The summed E-state index contributed by atoms with van der Waals surface area (Å²) in [5.74, 6) is -0.700. The molecular formula is C14H21N3O3. The van der Waals surface area contributed by atoms with Gasteiger partial charge < -0.3 is 20.4 Å². The Morgan fingerprint density at radius 1 is 1.35 bits per heavy atom. The number of carbonyl (C=O) groups excluding carboxylic acids is 2. The highest BCUT2D eigenvalue weighted by Crippen LogP contribution is 2.25. The van der Waals surface area contributed by atoms with Crippen molar-refractivity contribution in [1.29, 1.82) is 0 Å². The number of hydrogen-bond donors (Lipinski definition) is 2. The van der Waals surface area contributed by atoms with Gasteiger partial charge in [-0.15, -0.1) is 0 Å². The average Bonchev–Trinajstić information content (AvgIpc) is 2.87. The molecule has 1 aliphatic heterocycles. The van der Waals surface area contributed by atoms with Crippen LogP contribution in [-0.2, 0) is 4.74 Å². The molecule has 6 heteroatoms. The van der Waals surface area contributed by atoms with E-state index in [9.17, 15) is 9.59 Å². The van der Waals surface area contributed by atoms with Crippen LogP contribution in [0.5, 0.6) is 0 Å². The minimum Gasteiger partial charge on any atom is -0.374 e. The van der Waals surface area contributed by atoms with E-state index in [1.807, 2.05) is 0 Å². The minimum absolute atomic E-state index is 0.00535. The summed E-state index contributed by atoms with van der Waals surface area (Å²) in [6.07, 6.45) is 0.00535. The summed E-state index contributed by atoms with van der Waals surface area (Å²) in [5, 5.41) is 0. The third-order valence-electron chi connectivity index (χ3n) is 3.50. The topological polar surface area (TPSA) is 88.4 Å². The third-order valence-corrected chi connectivity index (χ3v) is 3.50. The number of carbonyl (C=O) groups is 2. The summed E-state index contributed by atoms with van der Waals surface area (Å²) in [6, 6.07) is 3.11. The molecule has 0 radical (unpaired) electrons. The molecule has 1 fully saturated rings. The first-order valence-electron chi connectivity index (χ1n) is 6.68. The zero-order valence-electron chi connectivity index (χ0n) is 12.1. The molecule has 1 aromatic heterocycles. The van der Waals surface area contributed by atoms with Crippen LogP contribution >= 0.6 is 0 Å². The predicted molar refractivity (Wildman–Crippen MR) is 74.4 cm³/mol. The van der Waals surface area contributed by atoms with E-state index in [2.05, 4.69) is 25.8 Å². The monoisotopic (exact) mass is 279 g/mol. The normalized spacial score (nSPS) is 19.9. The van der Waals surface area contributed by atoms with Gasteiger partial charge in [0.25, 0.3) is 11.8 Å². The van der Waals surface area contributed by atoms with E-state index in [0.29, 0.717) is 25.4 Å². The second-order valence-corrected chi connectivity index (χ2v) is 6.13. The van der Waals surface area contributed by atoms with Gasteiger partial charge in [0.1, 0.15) is 11.4 Å². The molecule has 0 aliphatic carbocycles. The number of aromatic nitrogens is 1. The number of morpholine rings is 1. The fourth-order valence-electron chi connectivity index (χ4n) is 2.19. The first-order valence-corrected chi connectivity index (χ1v) is 6.68. The highest BCUT2D eigenvalue weighted by atomic mass is 16.5. The molecule has 6 nitrogen and oxygen atoms in total. The summed E-state index contributed by atoms with van der Waals surface area (Å²) in [6.45, 7) is 7.89. The minimum atomic E-state index is -0.571. The Morgan fingerprint density at radius 2 is 2.00 bits per heavy atom. The molecular weight excluding hydrogens is 258 g/mol. The first kappa shape index (κ1) is 14.6. The summed E-state index contributed by atoms with van der Waals surface area (Å²) >= 11 is 0. The number of nitrogens with one attached hydrogen (secondary N) is 1. The van der Waals surface area contributed by atoms with Crippen LogP contribution in [0.4, 0.5) is 0 Å². The van der Waals surface area contributed by atoms with E-state index in [1.54, 1.807) is 11.0 Å². The highest BCUT2D eigenvalue weighted by molar-refractivity contribution is 5.96. The fourth-order valence-corrected chi connectivity index (χ4v) is 2.19. The molecule has 20 heavy (non-hydrogen) atoms. The van der Waals surface area contributed by atoms with Crippen LogP contribution in [-0.4, -0.2) is 47.5 Å². The maximum absolute atomic E-state index is 12.4. The molecule has 110 valence electrons. The Morgan fingerprint density at radius 3 is 2.55 bits per heavy atom. The largest absolute Gasteiger partial charge is 0.374 e. The molecule has 1 atom stereocenters. The molecule has 0 unspecified atom stereocenters. The van der Waals surface area contributed by atoms with Gasteiger partial charge in [-0.1, -0.05) is 20.8 Å². The van der Waals surface area contributed by atoms with Crippen LogP contribution in [0.1, 0.15) is 41.7 Å². The van der Waals surface area contributed by atoms with Gasteiger partial charge in [0.15, 0.2) is 0 Å². The number of amides is 2. The molecule has 0 saturated carbocycles. The smallest absolute Gasteiger partial charge is 0.270 e. The van der Waals surface area contributed by atoms with Crippen molar-refractivity contribution in [2.45, 2.75) is 26.9 Å². The van der Waals surface area contributed by atoms with Crippen LogP contribution in [0.25, 0.3) is 0 Å². The van der Waals surface area contributed by atoms with E-state index in [4.69, 9.17) is 10.5 Å². The van der Waals surface area contributed by atoms with Crippen molar-refractivity contribution in [2.24, 2.45) is 11.1 Å². The number of ether oxygens (including phenoxy) is 1. The molecule has 2 heterocycles. The molecule has 1 aliphatic rings. The average molecular weight is 279 g/mol. The first-order chi connectivity index (χ1) is 9.29. The second-order valence-electron chi connectivity index (χ2n) is 6.13. The number of rotatable bonds is 2. The van der Waals surface area contributed by atoms with Gasteiger partial charge >= 0.3 is 0 Å². The Balaban J connectivity index is 2.10. The van der Waals surface area contributed by atoms with E-state index < -0.39 is 5.91 Å². The van der Waals surface area contributed by atoms with Crippen molar-refractivity contribution in [3.05, 3.63) is 23.5 Å². The van der Waals surface area contributed by atoms with Crippen LogP contribution in [0.3, 0.4) is 0 Å². The fraction of sp³-hybridized carbons (Fsp3) is 0.571. The maximum atomic E-state index is 12.4. The van der Waals surface area contributed by atoms with E-state index in [0.717, 1.165) is 0 Å². The van der Waals surface area contributed by atoms with E-state index >= 15 is 0 Å². The van der Waals surface area contributed by atoms with Crippen molar-refractivity contribution in [3.63, 3.8) is 0 Å². The quantitative estimate of drug-likeness (QED) is 0.846. The van der Waals surface area contributed by atoms with Gasteiger partial charge in [-0.2, -0.15) is 0 Å². The molecule has 2 rings (SSSR count). The maximum Gasteiger partial charge on any atom is 0.270 e. The molecule has 1 saturated heterocycles. The SMILES string of the molecule is CC(C)(C)[C@@H]1CN(C(=O)c2ccc(C(N)=O)[nH]2)CCO1. The van der Waals surface area contributed by atoms with Crippen LogP contribution < -0.4 is 5.73 Å². The van der Waals surface area contributed by atoms with Gasteiger partial charge in [0, 0.05) is 13.1 Å². The summed E-state index contributed by atoms with van der Waals surface area (Å²) in [4.78, 5) is 27.9.